The molecular formula is C26H30N2O7. The highest BCUT2D eigenvalue weighted by Crippen LogP contribution is 2.44. The normalized spacial score (nSPS) is 18.7. The third-order valence-corrected chi connectivity index (χ3v) is 6.43. The number of likely N-dealkylation sites (tertiary alicyclic amines) is 1. The van der Waals surface area contributed by atoms with Crippen molar-refractivity contribution in [2.75, 3.05) is 40.1 Å². The predicted molar refractivity (Wildman–Crippen MR) is 127 cm³/mol. The molecule has 1 aliphatic heterocycles. The van der Waals surface area contributed by atoms with Crippen molar-refractivity contribution in [3.05, 3.63) is 59.7 Å². The Labute approximate surface area is 204 Å². The maximum absolute atomic E-state index is 12.9. The van der Waals surface area contributed by atoms with Crippen LogP contribution in [0.4, 0.5) is 4.79 Å². The lowest BCUT2D eigenvalue weighted by Crippen LogP contribution is -2.42. The Hall–Kier alpha value is -3.43. The summed E-state index contributed by atoms with van der Waals surface area (Å²) in [6, 6.07) is 14.5. The van der Waals surface area contributed by atoms with E-state index in [4.69, 9.17) is 14.2 Å². The van der Waals surface area contributed by atoms with Gasteiger partial charge in [-0.1, -0.05) is 48.5 Å². The molecule has 35 heavy (non-hydrogen) atoms. The number of hydrogen-bond donors (Lipinski definition) is 2. The molecule has 2 aromatic rings. The molecule has 2 aromatic carbocycles. The van der Waals surface area contributed by atoms with Crippen LogP contribution < -0.4 is 5.32 Å². The van der Waals surface area contributed by atoms with Crippen LogP contribution in [0.2, 0.25) is 0 Å². The lowest BCUT2D eigenvalue weighted by Gasteiger charge is -2.22. The van der Waals surface area contributed by atoms with Crippen LogP contribution in [0.15, 0.2) is 48.5 Å². The van der Waals surface area contributed by atoms with Gasteiger partial charge in [0.2, 0.25) is 5.91 Å². The molecule has 1 fully saturated rings. The van der Waals surface area contributed by atoms with Gasteiger partial charge in [0.25, 0.3) is 0 Å². The molecule has 1 heterocycles. The van der Waals surface area contributed by atoms with E-state index in [9.17, 15) is 19.5 Å². The van der Waals surface area contributed by atoms with E-state index in [-0.39, 0.29) is 44.4 Å². The number of carbonyl (C=O) groups is 3. The Balaban J connectivity index is 1.35. The van der Waals surface area contributed by atoms with Crippen LogP contribution in [0.1, 0.15) is 29.9 Å². The molecule has 2 aliphatic rings. The van der Waals surface area contributed by atoms with Crippen LogP contribution in [0.5, 0.6) is 0 Å². The molecule has 2 unspecified atom stereocenters. The zero-order valence-corrected chi connectivity index (χ0v) is 19.6. The standard InChI is InChI=1S/C26H30N2O7/c1-33-12-13-34-11-10-24(29)27-17-14-23(25(30)31)28(15-17)26(32)35-16-22-20-8-4-2-6-18(20)19-7-3-5-9-21(19)22/h2-9,17,22-23H,10-16H2,1H3,(H,27,29)(H,30,31). The first-order chi connectivity index (χ1) is 17.0. The van der Waals surface area contributed by atoms with E-state index < -0.39 is 24.1 Å². The van der Waals surface area contributed by atoms with Gasteiger partial charge in [0.15, 0.2) is 0 Å². The fourth-order valence-corrected chi connectivity index (χ4v) is 4.76. The highest BCUT2D eigenvalue weighted by Gasteiger charge is 2.41. The van der Waals surface area contributed by atoms with Crippen molar-refractivity contribution in [1.29, 1.82) is 0 Å². The molecule has 4 rings (SSSR count). The minimum atomic E-state index is -1.13. The van der Waals surface area contributed by atoms with Crippen LogP contribution in [0.3, 0.4) is 0 Å². The molecule has 0 radical (unpaired) electrons. The summed E-state index contributed by atoms with van der Waals surface area (Å²) in [5.41, 5.74) is 4.39. The van der Waals surface area contributed by atoms with Gasteiger partial charge in [0.1, 0.15) is 12.6 Å². The van der Waals surface area contributed by atoms with Crippen LogP contribution in [0.25, 0.3) is 11.1 Å². The predicted octanol–water partition coefficient (Wildman–Crippen LogP) is 2.63. The van der Waals surface area contributed by atoms with E-state index in [0.717, 1.165) is 22.3 Å². The number of nitrogens with zero attached hydrogens (tertiary/aromatic N) is 1. The molecule has 0 bridgehead atoms. The highest BCUT2D eigenvalue weighted by molar-refractivity contribution is 5.82. The number of carboxylic acid groups (broad SMARTS) is 1. The zero-order chi connectivity index (χ0) is 24.8. The molecule has 0 spiro atoms. The maximum atomic E-state index is 12.9. The van der Waals surface area contributed by atoms with Crippen LogP contribution >= 0.6 is 0 Å². The SMILES string of the molecule is COCCOCCC(=O)NC1CC(C(=O)O)N(C(=O)OCC2c3ccccc3-c3ccccc32)C1. The Morgan fingerprint density at radius 2 is 1.66 bits per heavy atom. The number of methoxy groups -OCH3 is 1. The van der Waals surface area contributed by atoms with E-state index >= 15 is 0 Å². The first-order valence-electron chi connectivity index (χ1n) is 11.7. The topological polar surface area (TPSA) is 114 Å². The summed E-state index contributed by atoms with van der Waals surface area (Å²) in [7, 11) is 1.57. The maximum Gasteiger partial charge on any atom is 0.410 e. The minimum Gasteiger partial charge on any atom is -0.480 e. The molecule has 1 aliphatic carbocycles. The summed E-state index contributed by atoms with van der Waals surface area (Å²) in [5, 5.41) is 12.5. The van der Waals surface area contributed by atoms with Crippen molar-refractivity contribution in [3.8, 4) is 11.1 Å². The monoisotopic (exact) mass is 482 g/mol. The number of fused-ring (bicyclic) bond motifs is 3. The summed E-state index contributed by atoms with van der Waals surface area (Å²) in [5.74, 6) is -1.50. The van der Waals surface area contributed by atoms with E-state index in [1.807, 2.05) is 48.5 Å². The largest absolute Gasteiger partial charge is 0.480 e. The summed E-state index contributed by atoms with van der Waals surface area (Å²) in [4.78, 5) is 38.2. The molecule has 0 aromatic heterocycles. The smallest absolute Gasteiger partial charge is 0.410 e. The van der Waals surface area contributed by atoms with Crippen molar-refractivity contribution in [2.24, 2.45) is 0 Å². The second-order valence-electron chi connectivity index (χ2n) is 8.67. The lowest BCUT2D eigenvalue weighted by molar-refractivity contribution is -0.141. The summed E-state index contributed by atoms with van der Waals surface area (Å²) in [6.07, 6.45) is -0.433. The molecule has 2 amide bonds. The van der Waals surface area contributed by atoms with Gasteiger partial charge in [0.05, 0.1) is 19.8 Å². The number of nitrogens with one attached hydrogen (secondary N) is 1. The number of aliphatic carboxylic acids is 1. The van der Waals surface area contributed by atoms with Crippen LogP contribution in [-0.4, -0.2) is 80.1 Å². The zero-order valence-electron chi connectivity index (χ0n) is 19.6. The summed E-state index contributed by atoms with van der Waals surface area (Å²) < 4.78 is 15.8. The van der Waals surface area contributed by atoms with Crippen LogP contribution in [-0.2, 0) is 23.8 Å². The quantitative estimate of drug-likeness (QED) is 0.501. The van der Waals surface area contributed by atoms with Gasteiger partial charge in [-0.3, -0.25) is 9.69 Å². The Bertz CT molecular complexity index is 1030. The van der Waals surface area contributed by atoms with Gasteiger partial charge in [-0.05, 0) is 22.3 Å². The Kier molecular flexibility index (Phi) is 7.99. The third kappa shape index (κ3) is 5.63. The second kappa shape index (κ2) is 11.3. The number of rotatable bonds is 10. The molecule has 186 valence electrons. The molecule has 0 saturated carbocycles. The number of ether oxygens (including phenoxy) is 3. The lowest BCUT2D eigenvalue weighted by atomic mass is 9.98. The van der Waals surface area contributed by atoms with Gasteiger partial charge in [-0.15, -0.1) is 0 Å². The number of hydrogen-bond acceptors (Lipinski definition) is 6. The first kappa shape index (κ1) is 24.7. The van der Waals surface area contributed by atoms with Crippen molar-refractivity contribution in [3.63, 3.8) is 0 Å². The third-order valence-electron chi connectivity index (χ3n) is 6.43. The molecule has 2 N–H and O–H groups in total. The van der Waals surface area contributed by atoms with E-state index in [2.05, 4.69) is 5.32 Å². The molecule has 9 heteroatoms. The van der Waals surface area contributed by atoms with E-state index in [0.29, 0.717) is 13.2 Å². The molecule has 9 nitrogen and oxygen atoms in total. The van der Waals surface area contributed by atoms with Gasteiger partial charge >= 0.3 is 12.1 Å². The number of amides is 2. The second-order valence-corrected chi connectivity index (χ2v) is 8.67. The van der Waals surface area contributed by atoms with Gasteiger partial charge in [-0.2, -0.15) is 0 Å². The Morgan fingerprint density at radius 3 is 2.29 bits per heavy atom. The fraction of sp³-hybridized carbons (Fsp3) is 0.423. The van der Waals surface area contributed by atoms with Crippen molar-refractivity contribution in [2.45, 2.75) is 30.8 Å². The summed E-state index contributed by atoms with van der Waals surface area (Å²) >= 11 is 0. The van der Waals surface area contributed by atoms with E-state index in [1.165, 1.54) is 4.90 Å². The highest BCUT2D eigenvalue weighted by atomic mass is 16.6. The Morgan fingerprint density at radius 1 is 1.00 bits per heavy atom. The number of benzene rings is 2. The van der Waals surface area contributed by atoms with Crippen molar-refractivity contribution >= 4 is 18.0 Å². The average molecular weight is 483 g/mol. The van der Waals surface area contributed by atoms with E-state index in [1.54, 1.807) is 7.11 Å². The fourth-order valence-electron chi connectivity index (χ4n) is 4.76. The minimum absolute atomic E-state index is 0.0733. The van der Waals surface area contributed by atoms with Gasteiger partial charge in [0, 0.05) is 38.5 Å². The first-order valence-corrected chi connectivity index (χ1v) is 11.7. The van der Waals surface area contributed by atoms with Crippen molar-refractivity contribution in [1.82, 2.24) is 10.2 Å². The molecule has 2 atom stereocenters. The van der Waals surface area contributed by atoms with Crippen LogP contribution in [0, 0.1) is 0 Å². The molecular weight excluding hydrogens is 452 g/mol. The molecule has 1 saturated heterocycles. The number of carbonyl (C=O) groups excluding carboxylic acids is 2. The van der Waals surface area contributed by atoms with Gasteiger partial charge < -0.3 is 24.6 Å². The van der Waals surface area contributed by atoms with Crippen molar-refractivity contribution < 1.29 is 33.7 Å². The van der Waals surface area contributed by atoms with Gasteiger partial charge in [-0.25, -0.2) is 9.59 Å². The average Bonchev–Trinajstić information content (AvgIpc) is 3.42. The number of carboxylic acids is 1. The summed E-state index contributed by atoms with van der Waals surface area (Å²) in [6.45, 7) is 1.25.